The van der Waals surface area contributed by atoms with E-state index < -0.39 is 27.3 Å². The number of halogens is 1. The van der Waals surface area contributed by atoms with Crippen molar-refractivity contribution in [2.45, 2.75) is 85.5 Å². The highest BCUT2D eigenvalue weighted by molar-refractivity contribution is 7.92. The zero-order chi connectivity index (χ0) is 41.9. The maximum atomic E-state index is 15.1. The minimum absolute atomic E-state index is 0.0369. The van der Waals surface area contributed by atoms with Gasteiger partial charge in [-0.15, -0.1) is 0 Å². The van der Waals surface area contributed by atoms with Crippen LogP contribution in [0.4, 0.5) is 14.9 Å². The number of ether oxygens (including phenoxy) is 1. The summed E-state index contributed by atoms with van der Waals surface area (Å²) in [6, 6.07) is 14.2. The fraction of sp³-hybridized carbons (Fsp3) is 0.652. The van der Waals surface area contributed by atoms with Gasteiger partial charge in [-0.2, -0.15) is 0 Å². The lowest BCUT2D eigenvalue weighted by molar-refractivity contribution is -0.129. The Morgan fingerprint density at radius 1 is 0.867 bits per heavy atom. The van der Waals surface area contributed by atoms with Crippen molar-refractivity contribution in [3.05, 3.63) is 72.1 Å². The summed E-state index contributed by atoms with van der Waals surface area (Å²) in [5.41, 5.74) is 1.59. The maximum Gasteiger partial charge on any atom is 0.407 e. The molecule has 5 saturated heterocycles. The average Bonchev–Trinajstić information content (AvgIpc) is 3.83. The summed E-state index contributed by atoms with van der Waals surface area (Å²) in [7, 11) is -2.18. The molecule has 2 N–H and O–H groups in total. The lowest BCUT2D eigenvalue weighted by atomic mass is 9.57. The molecule has 60 heavy (non-hydrogen) atoms. The SMILES string of the molecule is COC(=O)N[C@H]1CCC[C@@H]1[C@](CN1CCC1)(c1cccc(F)c1)C1CCN(C[C@H]2CN(c3ccc(S(=O)(=O)C4CN(C(=O)/C=C/CN5CCCCC5)C4)cc3)C[C@H]2O)CC1. The van der Waals surface area contributed by atoms with E-state index in [0.29, 0.717) is 13.1 Å². The van der Waals surface area contributed by atoms with Crippen LogP contribution in [0.2, 0.25) is 0 Å². The summed E-state index contributed by atoms with van der Waals surface area (Å²) >= 11 is 0. The quantitative estimate of drug-likeness (QED) is 0.262. The van der Waals surface area contributed by atoms with E-state index in [1.54, 1.807) is 29.2 Å². The molecule has 2 amide bonds. The van der Waals surface area contributed by atoms with Gasteiger partial charge in [0.25, 0.3) is 0 Å². The molecule has 2 aromatic rings. The van der Waals surface area contributed by atoms with Gasteiger partial charge in [-0.25, -0.2) is 17.6 Å². The van der Waals surface area contributed by atoms with Gasteiger partial charge in [0.2, 0.25) is 5.91 Å². The summed E-state index contributed by atoms with van der Waals surface area (Å²) < 4.78 is 47.1. The number of anilines is 1. The fourth-order valence-corrected chi connectivity index (χ4v) is 13.0. The first-order valence-corrected chi connectivity index (χ1v) is 24.1. The van der Waals surface area contributed by atoms with Crippen LogP contribution in [0.25, 0.3) is 0 Å². The summed E-state index contributed by atoms with van der Waals surface area (Å²) in [6.07, 6.45) is 12.1. The number of nitrogens with zero attached hydrogens (tertiary/aromatic N) is 5. The number of sulfone groups is 1. The smallest absolute Gasteiger partial charge is 0.407 e. The van der Waals surface area contributed by atoms with E-state index in [-0.39, 0.29) is 58.9 Å². The molecule has 14 heteroatoms. The largest absolute Gasteiger partial charge is 0.453 e. The van der Waals surface area contributed by atoms with Crippen molar-refractivity contribution in [1.82, 2.24) is 24.9 Å². The van der Waals surface area contributed by atoms with Crippen LogP contribution in [0.3, 0.4) is 0 Å². The highest BCUT2D eigenvalue weighted by atomic mass is 32.2. The first-order chi connectivity index (χ1) is 29.0. The van der Waals surface area contributed by atoms with E-state index in [9.17, 15) is 23.1 Å². The molecule has 2 aromatic carbocycles. The van der Waals surface area contributed by atoms with Crippen LogP contribution in [-0.2, 0) is 24.8 Å². The summed E-state index contributed by atoms with van der Waals surface area (Å²) in [4.78, 5) is 36.6. The van der Waals surface area contributed by atoms with Gasteiger partial charge >= 0.3 is 6.09 Å². The molecular formula is C46H65FN6O6S. The minimum Gasteiger partial charge on any atom is -0.453 e. The van der Waals surface area contributed by atoms with Gasteiger partial charge in [0.05, 0.1) is 18.1 Å². The lowest BCUT2D eigenvalue weighted by Crippen LogP contribution is -2.59. The van der Waals surface area contributed by atoms with Crippen LogP contribution in [0, 0.1) is 23.6 Å². The third-order valence-electron chi connectivity index (χ3n) is 14.9. The fourth-order valence-electron chi connectivity index (χ4n) is 11.3. The van der Waals surface area contributed by atoms with E-state index in [1.807, 2.05) is 24.3 Å². The van der Waals surface area contributed by atoms with E-state index in [4.69, 9.17) is 4.74 Å². The normalized spacial score (nSPS) is 27.4. The number of aliphatic hydroxyl groups is 1. The van der Waals surface area contributed by atoms with Crippen LogP contribution >= 0.6 is 0 Å². The molecule has 8 rings (SSSR count). The standard InChI is InChI=1S/C46H65FN6O6S/c1-59-45(56)48-42-12-6-11-41(42)46(33-51-23-8-24-51,36-9-5-10-37(47)27-36)35-18-25-50(26-19-35)28-34-29-52(32-43(34)54)38-14-16-39(17-15-38)60(57,58)40-30-53(31-40)44(55)13-7-22-49-20-3-2-4-21-49/h5,7,9-10,13-17,27,34-35,40-43,54H,2-4,6,8,11-12,18-26,28-33H2,1H3,(H,48,56)/b13-7+/t34-,41-,42-,43+,46-/m0/s1. The molecule has 5 heterocycles. The number of carbonyl (C=O) groups is 2. The van der Waals surface area contributed by atoms with Gasteiger partial charge in [0.15, 0.2) is 9.84 Å². The Labute approximate surface area is 356 Å². The third kappa shape index (κ3) is 9.28. The van der Waals surface area contributed by atoms with Gasteiger partial charge in [-0.05, 0) is 138 Å². The second kappa shape index (κ2) is 18.8. The van der Waals surface area contributed by atoms with E-state index >= 15 is 4.39 Å². The number of aliphatic hydroxyl groups excluding tert-OH is 1. The molecule has 0 unspecified atom stereocenters. The van der Waals surface area contributed by atoms with Crippen molar-refractivity contribution in [3.63, 3.8) is 0 Å². The average molecular weight is 849 g/mol. The van der Waals surface area contributed by atoms with Crippen LogP contribution in [0.5, 0.6) is 0 Å². The molecule has 6 aliphatic rings. The number of hydrogen-bond acceptors (Lipinski definition) is 10. The summed E-state index contributed by atoms with van der Waals surface area (Å²) in [6.45, 7) is 9.83. The predicted molar refractivity (Wildman–Crippen MR) is 230 cm³/mol. The van der Waals surface area contributed by atoms with Crippen LogP contribution in [0.15, 0.2) is 65.6 Å². The maximum absolute atomic E-state index is 15.1. The van der Waals surface area contributed by atoms with Crippen molar-refractivity contribution in [3.8, 4) is 0 Å². The Bertz CT molecular complexity index is 1930. The molecule has 1 aliphatic carbocycles. The number of piperidine rings is 2. The van der Waals surface area contributed by atoms with Crippen molar-refractivity contribution in [2.24, 2.45) is 17.8 Å². The van der Waals surface area contributed by atoms with Crippen LogP contribution < -0.4 is 10.2 Å². The summed E-state index contributed by atoms with van der Waals surface area (Å²) in [5.74, 6) is 0.114. The van der Waals surface area contributed by atoms with Gasteiger partial charge in [0, 0.05) is 75.0 Å². The number of benzene rings is 2. The van der Waals surface area contributed by atoms with E-state index in [2.05, 4.69) is 31.0 Å². The van der Waals surface area contributed by atoms with Gasteiger partial charge in [-0.3, -0.25) is 9.69 Å². The molecular weight excluding hydrogens is 784 g/mol. The molecule has 5 aliphatic heterocycles. The molecule has 0 bridgehead atoms. The van der Waals surface area contributed by atoms with Gasteiger partial charge in [-0.1, -0.05) is 31.1 Å². The lowest BCUT2D eigenvalue weighted by Gasteiger charge is -2.53. The zero-order valence-electron chi connectivity index (χ0n) is 35.3. The Morgan fingerprint density at radius 2 is 1.60 bits per heavy atom. The van der Waals surface area contributed by atoms with E-state index in [0.717, 1.165) is 109 Å². The molecule has 0 aromatic heterocycles. The zero-order valence-corrected chi connectivity index (χ0v) is 36.1. The summed E-state index contributed by atoms with van der Waals surface area (Å²) in [5, 5.41) is 13.9. The second-order valence-electron chi connectivity index (χ2n) is 18.4. The van der Waals surface area contributed by atoms with Crippen LogP contribution in [-0.4, -0.2) is 155 Å². The Balaban J connectivity index is 0.870. The first-order valence-electron chi connectivity index (χ1n) is 22.5. The number of β-amino-alcohol motifs (C(OH)–C–C–N with tert-alkyl or cyclic N) is 1. The third-order valence-corrected chi connectivity index (χ3v) is 17.0. The Kier molecular flexibility index (Phi) is 13.5. The molecule has 328 valence electrons. The minimum atomic E-state index is -3.59. The number of rotatable bonds is 14. The molecule has 0 spiro atoms. The number of methoxy groups -OCH3 is 1. The van der Waals surface area contributed by atoms with Crippen molar-refractivity contribution in [2.75, 3.05) is 97.1 Å². The molecule has 12 nitrogen and oxygen atoms in total. The van der Waals surface area contributed by atoms with Crippen molar-refractivity contribution in [1.29, 1.82) is 0 Å². The van der Waals surface area contributed by atoms with Gasteiger partial charge in [0.1, 0.15) is 11.1 Å². The Morgan fingerprint density at radius 3 is 2.28 bits per heavy atom. The highest BCUT2D eigenvalue weighted by Crippen LogP contribution is 2.51. The molecule has 5 atom stereocenters. The highest BCUT2D eigenvalue weighted by Gasteiger charge is 2.53. The molecule has 0 radical (unpaired) electrons. The number of amides is 2. The predicted octanol–water partition coefficient (Wildman–Crippen LogP) is 4.53. The number of hydrogen-bond donors (Lipinski definition) is 2. The molecule has 6 fully saturated rings. The van der Waals surface area contributed by atoms with Crippen molar-refractivity contribution >= 4 is 27.5 Å². The number of alkyl carbamates (subject to hydrolysis) is 1. The monoisotopic (exact) mass is 848 g/mol. The first kappa shape index (κ1) is 43.1. The number of nitrogens with one attached hydrogen (secondary N) is 1. The van der Waals surface area contributed by atoms with Crippen molar-refractivity contribution < 1.29 is 32.2 Å². The Hall–Kier alpha value is -3.56. The number of likely N-dealkylation sites (tertiary alicyclic amines) is 4. The number of carbonyl (C=O) groups excluding carboxylic acids is 2. The topological polar surface area (TPSA) is 126 Å². The van der Waals surface area contributed by atoms with Gasteiger partial charge < -0.3 is 34.8 Å². The molecule has 1 saturated carbocycles. The second-order valence-corrected chi connectivity index (χ2v) is 20.7. The van der Waals surface area contributed by atoms with Crippen LogP contribution in [0.1, 0.15) is 63.4 Å². The van der Waals surface area contributed by atoms with E-state index in [1.165, 1.54) is 32.4 Å².